The van der Waals surface area contributed by atoms with Gasteiger partial charge in [0.25, 0.3) is 0 Å². The maximum absolute atomic E-state index is 6.27. The predicted octanol–water partition coefficient (Wildman–Crippen LogP) is 7.57. The summed E-state index contributed by atoms with van der Waals surface area (Å²) in [5.74, 6) is 0.708. The molecule has 1 saturated heterocycles. The smallest absolute Gasteiger partial charge is 0.399 e. The molecule has 0 N–H and O–H groups in total. The van der Waals surface area contributed by atoms with Crippen molar-refractivity contribution in [2.24, 2.45) is 0 Å². The molecular weight excluding hydrogens is 491 g/mol. The quantitative estimate of drug-likeness (QED) is 0.228. The van der Waals surface area contributed by atoms with E-state index in [2.05, 4.69) is 126 Å². The van der Waals surface area contributed by atoms with E-state index in [0.29, 0.717) is 5.82 Å². The lowest BCUT2D eigenvalue weighted by atomic mass is 9.78. The molecule has 0 saturated carbocycles. The summed E-state index contributed by atoms with van der Waals surface area (Å²) in [6, 6.07) is 32.0. The van der Waals surface area contributed by atoms with Crippen LogP contribution in [-0.4, -0.2) is 28.3 Å². The molecule has 0 radical (unpaired) electrons. The first-order valence-electron chi connectivity index (χ1n) is 14.0. The van der Waals surface area contributed by atoms with Crippen molar-refractivity contribution in [1.82, 2.24) is 9.97 Å². The molecule has 4 nitrogen and oxygen atoms in total. The predicted molar refractivity (Wildman–Crippen MR) is 164 cm³/mol. The summed E-state index contributed by atoms with van der Waals surface area (Å²) in [5, 5.41) is 1.06. The molecule has 0 unspecified atom stereocenters. The number of fused-ring (bicyclic) bond motifs is 4. The minimum Gasteiger partial charge on any atom is -0.399 e. The SMILES string of the molecule is CC1(C)c2ccccc2-c2cccc(-c3nc(-c4ccc(B5OC(C)(C)C(C)(C)O5)cc4)nc4ccccc34)c21. The van der Waals surface area contributed by atoms with E-state index in [1.807, 2.05) is 6.07 Å². The monoisotopic (exact) mass is 524 g/mol. The van der Waals surface area contributed by atoms with Crippen LogP contribution < -0.4 is 5.46 Å². The summed E-state index contributed by atoms with van der Waals surface area (Å²) in [6.07, 6.45) is 0. The normalized spacial score (nSPS) is 18.1. The molecule has 0 bridgehead atoms. The van der Waals surface area contributed by atoms with E-state index in [1.165, 1.54) is 22.3 Å². The fourth-order valence-corrected chi connectivity index (χ4v) is 6.22. The van der Waals surface area contributed by atoms with E-state index < -0.39 is 7.12 Å². The molecule has 40 heavy (non-hydrogen) atoms. The minimum atomic E-state index is -0.400. The summed E-state index contributed by atoms with van der Waals surface area (Å²) in [4.78, 5) is 10.2. The van der Waals surface area contributed by atoms with E-state index >= 15 is 0 Å². The van der Waals surface area contributed by atoms with Crippen molar-refractivity contribution in [3.05, 3.63) is 102 Å². The zero-order valence-corrected chi connectivity index (χ0v) is 23.9. The lowest BCUT2D eigenvalue weighted by Gasteiger charge is -2.32. The molecule has 4 aromatic carbocycles. The van der Waals surface area contributed by atoms with Gasteiger partial charge >= 0.3 is 7.12 Å². The Morgan fingerprint density at radius 1 is 0.600 bits per heavy atom. The fourth-order valence-electron chi connectivity index (χ4n) is 6.22. The Bertz CT molecular complexity index is 1770. The van der Waals surface area contributed by atoms with Gasteiger partial charge in [0.15, 0.2) is 5.82 Å². The number of nitrogens with zero attached hydrogens (tertiary/aromatic N) is 2. The van der Waals surface area contributed by atoms with Crippen LogP contribution in [0.2, 0.25) is 0 Å². The van der Waals surface area contributed by atoms with Gasteiger partial charge < -0.3 is 9.31 Å². The molecule has 5 heteroatoms. The molecule has 198 valence electrons. The van der Waals surface area contributed by atoms with Crippen LogP contribution in [0.25, 0.3) is 44.7 Å². The van der Waals surface area contributed by atoms with Gasteiger partial charge in [0.1, 0.15) is 0 Å². The average molecular weight is 524 g/mol. The summed E-state index contributed by atoms with van der Waals surface area (Å²) < 4.78 is 12.5. The number of benzene rings is 4. The number of para-hydroxylation sites is 1. The fraction of sp³-hybridized carbons (Fsp3) is 0.257. The number of rotatable bonds is 3. The molecule has 2 aliphatic rings. The van der Waals surface area contributed by atoms with Crippen LogP contribution in [0.3, 0.4) is 0 Å². The van der Waals surface area contributed by atoms with Gasteiger partial charge in [-0.1, -0.05) is 98.8 Å². The minimum absolute atomic E-state index is 0.140. The zero-order valence-electron chi connectivity index (χ0n) is 23.9. The summed E-state index contributed by atoms with van der Waals surface area (Å²) in [7, 11) is -0.400. The van der Waals surface area contributed by atoms with Crippen molar-refractivity contribution in [2.45, 2.75) is 58.2 Å². The second-order valence-corrected chi connectivity index (χ2v) is 12.5. The van der Waals surface area contributed by atoms with Crippen LogP contribution in [0, 0.1) is 0 Å². The summed E-state index contributed by atoms with van der Waals surface area (Å²) in [6.45, 7) is 12.9. The highest BCUT2D eigenvalue weighted by Crippen LogP contribution is 2.52. The van der Waals surface area contributed by atoms with Crippen molar-refractivity contribution < 1.29 is 9.31 Å². The molecule has 0 atom stereocenters. The van der Waals surface area contributed by atoms with E-state index in [1.54, 1.807) is 0 Å². The Labute approximate surface area is 236 Å². The molecule has 2 heterocycles. The molecule has 1 aliphatic carbocycles. The third-order valence-electron chi connectivity index (χ3n) is 9.13. The van der Waals surface area contributed by atoms with E-state index in [4.69, 9.17) is 19.3 Å². The van der Waals surface area contributed by atoms with Crippen LogP contribution in [0.1, 0.15) is 52.7 Å². The highest BCUT2D eigenvalue weighted by Gasteiger charge is 2.51. The second kappa shape index (κ2) is 8.60. The van der Waals surface area contributed by atoms with Gasteiger partial charge in [-0.2, -0.15) is 0 Å². The van der Waals surface area contributed by atoms with Crippen molar-refractivity contribution in [2.75, 3.05) is 0 Å². The number of hydrogen-bond donors (Lipinski definition) is 0. The first-order chi connectivity index (χ1) is 19.1. The maximum Gasteiger partial charge on any atom is 0.494 e. The van der Waals surface area contributed by atoms with Gasteiger partial charge in [-0.15, -0.1) is 0 Å². The first-order valence-corrected chi connectivity index (χ1v) is 14.0. The van der Waals surface area contributed by atoms with E-state index in [0.717, 1.165) is 33.2 Å². The lowest BCUT2D eigenvalue weighted by molar-refractivity contribution is 0.00578. The van der Waals surface area contributed by atoms with Gasteiger partial charge in [0, 0.05) is 21.9 Å². The summed E-state index contributed by atoms with van der Waals surface area (Å²) >= 11 is 0. The third-order valence-corrected chi connectivity index (χ3v) is 9.13. The van der Waals surface area contributed by atoms with Crippen LogP contribution in [-0.2, 0) is 14.7 Å². The van der Waals surface area contributed by atoms with Gasteiger partial charge in [-0.05, 0) is 61.5 Å². The van der Waals surface area contributed by atoms with Crippen LogP contribution in [0.15, 0.2) is 91.0 Å². The average Bonchev–Trinajstić information content (AvgIpc) is 3.32. The van der Waals surface area contributed by atoms with Crippen LogP contribution in [0.5, 0.6) is 0 Å². The van der Waals surface area contributed by atoms with Crippen molar-refractivity contribution in [3.63, 3.8) is 0 Å². The molecule has 7 rings (SSSR count). The highest BCUT2D eigenvalue weighted by atomic mass is 16.7. The topological polar surface area (TPSA) is 44.2 Å². The Balaban J connectivity index is 1.35. The molecule has 1 aliphatic heterocycles. The molecule has 0 spiro atoms. The van der Waals surface area contributed by atoms with Crippen molar-refractivity contribution in [1.29, 1.82) is 0 Å². The van der Waals surface area contributed by atoms with E-state index in [-0.39, 0.29) is 16.6 Å². The molecule has 1 fully saturated rings. The van der Waals surface area contributed by atoms with Crippen molar-refractivity contribution in [3.8, 4) is 33.8 Å². The standard InChI is InChI=1S/C35H33BN2O2/c1-33(2)28-16-9-7-12-24(28)25-14-11-15-27(30(25)33)31-26-13-8-10-17-29(26)37-32(38-31)22-18-20-23(21-19-22)36-39-34(3,4)35(5,6)40-36/h7-21H,1-6H3. The Morgan fingerprint density at radius 3 is 1.98 bits per heavy atom. The van der Waals surface area contributed by atoms with Crippen LogP contribution >= 0.6 is 0 Å². The number of aromatic nitrogens is 2. The molecule has 0 amide bonds. The maximum atomic E-state index is 6.27. The Morgan fingerprint density at radius 2 is 1.23 bits per heavy atom. The third kappa shape index (κ3) is 3.68. The van der Waals surface area contributed by atoms with E-state index in [9.17, 15) is 0 Å². The highest BCUT2D eigenvalue weighted by molar-refractivity contribution is 6.62. The van der Waals surface area contributed by atoms with Crippen LogP contribution in [0.4, 0.5) is 0 Å². The van der Waals surface area contributed by atoms with Crippen molar-refractivity contribution >= 4 is 23.5 Å². The van der Waals surface area contributed by atoms with Gasteiger partial charge in [-0.3, -0.25) is 0 Å². The Hall–Kier alpha value is -3.80. The zero-order chi connectivity index (χ0) is 27.9. The lowest BCUT2D eigenvalue weighted by Crippen LogP contribution is -2.41. The largest absolute Gasteiger partial charge is 0.494 e. The Kier molecular flexibility index (Phi) is 5.42. The first kappa shape index (κ1) is 25.2. The molecule has 1 aromatic heterocycles. The van der Waals surface area contributed by atoms with Gasteiger partial charge in [0.2, 0.25) is 0 Å². The second-order valence-electron chi connectivity index (χ2n) is 12.5. The number of hydrogen-bond acceptors (Lipinski definition) is 4. The molecule has 5 aromatic rings. The van der Waals surface area contributed by atoms with Gasteiger partial charge in [-0.25, -0.2) is 9.97 Å². The molecular formula is C35H33BN2O2. The van der Waals surface area contributed by atoms with Gasteiger partial charge in [0.05, 0.1) is 22.4 Å². The summed E-state index contributed by atoms with van der Waals surface area (Å²) in [5.41, 5.74) is 9.38.